The van der Waals surface area contributed by atoms with Crippen LogP contribution in [-0.4, -0.2) is 24.2 Å². The van der Waals surface area contributed by atoms with Crippen LogP contribution in [0.1, 0.15) is 5.56 Å². The van der Waals surface area contributed by atoms with Crippen LogP contribution in [0.15, 0.2) is 24.5 Å². The highest BCUT2D eigenvalue weighted by atomic mass is 16.5. The molecular formula is C13H16N4O2. The molecule has 1 heterocycles. The van der Waals surface area contributed by atoms with Crippen molar-refractivity contribution in [2.75, 3.05) is 25.3 Å². The minimum absolute atomic E-state index is 0.456. The van der Waals surface area contributed by atoms with Gasteiger partial charge in [-0.15, -0.1) is 0 Å². The van der Waals surface area contributed by atoms with Gasteiger partial charge in [-0.2, -0.15) is 0 Å². The fraction of sp³-hybridized carbons (Fsp3) is 0.231. The SMILES string of the molecule is COc1ccc(Nc2ncnc(N)c2C)cc1OC. The fourth-order valence-electron chi connectivity index (χ4n) is 1.64. The quantitative estimate of drug-likeness (QED) is 0.876. The van der Waals surface area contributed by atoms with Crippen molar-refractivity contribution in [1.82, 2.24) is 9.97 Å². The van der Waals surface area contributed by atoms with E-state index in [0.29, 0.717) is 23.1 Å². The van der Waals surface area contributed by atoms with E-state index in [9.17, 15) is 0 Å². The van der Waals surface area contributed by atoms with Gasteiger partial charge < -0.3 is 20.5 Å². The molecule has 100 valence electrons. The van der Waals surface area contributed by atoms with Crippen LogP contribution in [0.25, 0.3) is 0 Å². The molecule has 6 nitrogen and oxygen atoms in total. The van der Waals surface area contributed by atoms with Crippen molar-refractivity contribution in [1.29, 1.82) is 0 Å². The number of aromatic nitrogens is 2. The van der Waals surface area contributed by atoms with E-state index in [1.807, 2.05) is 25.1 Å². The minimum atomic E-state index is 0.456. The summed E-state index contributed by atoms with van der Waals surface area (Å²) in [6, 6.07) is 5.52. The van der Waals surface area contributed by atoms with Crippen molar-refractivity contribution in [2.45, 2.75) is 6.92 Å². The summed E-state index contributed by atoms with van der Waals surface area (Å²) in [7, 11) is 3.19. The number of benzene rings is 1. The molecule has 0 radical (unpaired) electrons. The molecule has 0 saturated heterocycles. The normalized spacial score (nSPS) is 10.1. The molecule has 0 saturated carbocycles. The monoisotopic (exact) mass is 260 g/mol. The van der Waals surface area contributed by atoms with Crippen molar-refractivity contribution in [2.24, 2.45) is 0 Å². The number of nitrogens with one attached hydrogen (secondary N) is 1. The number of hydrogen-bond donors (Lipinski definition) is 2. The Hall–Kier alpha value is -2.50. The number of anilines is 3. The maximum atomic E-state index is 5.74. The molecule has 0 aliphatic heterocycles. The van der Waals surface area contributed by atoms with Crippen molar-refractivity contribution in [3.05, 3.63) is 30.1 Å². The summed E-state index contributed by atoms with van der Waals surface area (Å²) < 4.78 is 10.4. The summed E-state index contributed by atoms with van der Waals surface area (Å²) in [6.07, 6.45) is 1.42. The Morgan fingerprint density at radius 3 is 2.53 bits per heavy atom. The third kappa shape index (κ3) is 2.67. The predicted molar refractivity (Wildman–Crippen MR) is 74.0 cm³/mol. The Kier molecular flexibility index (Phi) is 3.70. The second-order valence-electron chi connectivity index (χ2n) is 3.93. The lowest BCUT2D eigenvalue weighted by molar-refractivity contribution is 0.355. The molecular weight excluding hydrogens is 244 g/mol. The topological polar surface area (TPSA) is 82.3 Å². The van der Waals surface area contributed by atoms with Gasteiger partial charge in [0.2, 0.25) is 0 Å². The third-order valence-corrected chi connectivity index (χ3v) is 2.77. The zero-order valence-electron chi connectivity index (χ0n) is 11.1. The van der Waals surface area contributed by atoms with Crippen LogP contribution in [0, 0.1) is 6.92 Å². The average molecular weight is 260 g/mol. The summed E-state index contributed by atoms with van der Waals surface area (Å²) in [5.41, 5.74) is 7.38. The number of nitrogen functional groups attached to an aromatic ring is 1. The first-order chi connectivity index (χ1) is 9.15. The molecule has 0 fully saturated rings. The van der Waals surface area contributed by atoms with Gasteiger partial charge in [-0.05, 0) is 19.1 Å². The highest BCUT2D eigenvalue weighted by molar-refractivity contribution is 5.65. The standard InChI is InChI=1S/C13H16N4O2/c1-8-12(14)15-7-16-13(8)17-9-4-5-10(18-2)11(6-9)19-3/h4-7H,1-3H3,(H3,14,15,16,17). The molecule has 19 heavy (non-hydrogen) atoms. The number of nitrogens with zero attached hydrogens (tertiary/aromatic N) is 2. The summed E-state index contributed by atoms with van der Waals surface area (Å²) >= 11 is 0. The van der Waals surface area contributed by atoms with E-state index in [-0.39, 0.29) is 0 Å². The first-order valence-corrected chi connectivity index (χ1v) is 5.72. The lowest BCUT2D eigenvalue weighted by Crippen LogP contribution is -2.02. The first-order valence-electron chi connectivity index (χ1n) is 5.72. The van der Waals surface area contributed by atoms with Crippen LogP contribution >= 0.6 is 0 Å². The van der Waals surface area contributed by atoms with Crippen molar-refractivity contribution < 1.29 is 9.47 Å². The van der Waals surface area contributed by atoms with Crippen LogP contribution < -0.4 is 20.5 Å². The van der Waals surface area contributed by atoms with Gasteiger partial charge in [-0.1, -0.05) is 0 Å². The van der Waals surface area contributed by atoms with Crippen LogP contribution in [0.4, 0.5) is 17.3 Å². The van der Waals surface area contributed by atoms with Gasteiger partial charge in [0, 0.05) is 17.3 Å². The van der Waals surface area contributed by atoms with Crippen molar-refractivity contribution in [3.63, 3.8) is 0 Å². The van der Waals surface area contributed by atoms with Gasteiger partial charge in [0.25, 0.3) is 0 Å². The Morgan fingerprint density at radius 1 is 1.11 bits per heavy atom. The van der Waals surface area contributed by atoms with Crippen LogP contribution in [0.2, 0.25) is 0 Å². The summed E-state index contributed by atoms with van der Waals surface area (Å²) in [6.45, 7) is 1.86. The second kappa shape index (κ2) is 5.43. The van der Waals surface area contributed by atoms with Gasteiger partial charge in [-0.3, -0.25) is 0 Å². The summed E-state index contributed by atoms with van der Waals surface area (Å²) in [5.74, 6) is 2.44. The molecule has 0 unspecified atom stereocenters. The van der Waals surface area contributed by atoms with E-state index in [2.05, 4.69) is 15.3 Å². The highest BCUT2D eigenvalue weighted by Gasteiger charge is 2.07. The Bertz CT molecular complexity index is 587. The molecule has 0 atom stereocenters. The average Bonchev–Trinajstić information content (AvgIpc) is 2.43. The Balaban J connectivity index is 2.31. The van der Waals surface area contributed by atoms with E-state index >= 15 is 0 Å². The molecule has 2 aromatic rings. The van der Waals surface area contributed by atoms with E-state index in [1.165, 1.54) is 6.33 Å². The minimum Gasteiger partial charge on any atom is -0.493 e. The largest absolute Gasteiger partial charge is 0.493 e. The Labute approximate surface area is 111 Å². The molecule has 0 bridgehead atoms. The molecule has 2 rings (SSSR count). The summed E-state index contributed by atoms with van der Waals surface area (Å²) in [5, 5.41) is 3.17. The van der Waals surface area contributed by atoms with Gasteiger partial charge >= 0.3 is 0 Å². The second-order valence-corrected chi connectivity index (χ2v) is 3.93. The molecule has 3 N–H and O–H groups in total. The van der Waals surface area contributed by atoms with E-state index in [4.69, 9.17) is 15.2 Å². The predicted octanol–water partition coefficient (Wildman–Crippen LogP) is 2.13. The lowest BCUT2D eigenvalue weighted by atomic mass is 10.2. The van der Waals surface area contributed by atoms with Crippen molar-refractivity contribution in [3.8, 4) is 11.5 Å². The maximum Gasteiger partial charge on any atom is 0.162 e. The van der Waals surface area contributed by atoms with E-state index in [0.717, 1.165) is 11.3 Å². The van der Waals surface area contributed by atoms with E-state index in [1.54, 1.807) is 14.2 Å². The van der Waals surface area contributed by atoms with E-state index < -0.39 is 0 Å². The molecule has 1 aromatic heterocycles. The first kappa shape index (κ1) is 12.9. The highest BCUT2D eigenvalue weighted by Crippen LogP contribution is 2.31. The van der Waals surface area contributed by atoms with Gasteiger partial charge in [0.05, 0.1) is 14.2 Å². The molecule has 0 spiro atoms. The van der Waals surface area contributed by atoms with Crippen LogP contribution in [0.5, 0.6) is 11.5 Å². The van der Waals surface area contributed by atoms with Gasteiger partial charge in [0.15, 0.2) is 11.5 Å². The van der Waals surface area contributed by atoms with Crippen molar-refractivity contribution >= 4 is 17.3 Å². The number of rotatable bonds is 4. The molecule has 0 aliphatic rings. The third-order valence-electron chi connectivity index (χ3n) is 2.77. The smallest absolute Gasteiger partial charge is 0.162 e. The van der Waals surface area contributed by atoms with Crippen LogP contribution in [-0.2, 0) is 0 Å². The number of methoxy groups -OCH3 is 2. The van der Waals surface area contributed by atoms with Gasteiger partial charge in [-0.25, -0.2) is 9.97 Å². The molecule has 0 aliphatic carbocycles. The molecule has 6 heteroatoms. The van der Waals surface area contributed by atoms with Crippen LogP contribution in [0.3, 0.4) is 0 Å². The zero-order chi connectivity index (χ0) is 13.8. The zero-order valence-corrected chi connectivity index (χ0v) is 11.1. The number of nitrogens with two attached hydrogens (primary N) is 1. The number of hydrogen-bond acceptors (Lipinski definition) is 6. The maximum absolute atomic E-state index is 5.74. The van der Waals surface area contributed by atoms with Gasteiger partial charge in [0.1, 0.15) is 18.0 Å². The summed E-state index contributed by atoms with van der Waals surface area (Å²) in [4.78, 5) is 8.08. The fourth-order valence-corrected chi connectivity index (χ4v) is 1.64. The number of ether oxygens (including phenoxy) is 2. The Morgan fingerprint density at radius 2 is 1.84 bits per heavy atom. The lowest BCUT2D eigenvalue weighted by Gasteiger charge is -2.12. The molecule has 0 amide bonds. The molecule has 1 aromatic carbocycles.